The predicted octanol–water partition coefficient (Wildman–Crippen LogP) is 3.66. The largest absolute Gasteiger partial charge is 0.419 e. The highest BCUT2D eigenvalue weighted by Gasteiger charge is 2.36. The zero-order valence-corrected chi connectivity index (χ0v) is 18.3. The number of alkyl halides is 3. The normalized spacial score (nSPS) is 16.6. The second kappa shape index (κ2) is 8.56. The van der Waals surface area contributed by atoms with E-state index in [-0.39, 0.29) is 28.8 Å². The predicted molar refractivity (Wildman–Crippen MR) is 122 cm³/mol. The maximum atomic E-state index is 13.8. The van der Waals surface area contributed by atoms with Crippen molar-refractivity contribution in [1.82, 2.24) is 29.8 Å². The summed E-state index contributed by atoms with van der Waals surface area (Å²) in [4.78, 5) is 28.2. The number of hydrogen-bond acceptors (Lipinski definition) is 6. The Morgan fingerprint density at radius 1 is 1.24 bits per heavy atom. The molecule has 176 valence electrons. The Bertz CT molecular complexity index is 1400. The molecule has 0 saturated carbocycles. The molecular weight excluding hydrogens is 447 g/mol. The lowest BCUT2D eigenvalue weighted by molar-refractivity contribution is -0.137. The Kier molecular flexibility index (Phi) is 5.56. The van der Waals surface area contributed by atoms with E-state index >= 15 is 0 Å². The van der Waals surface area contributed by atoms with E-state index in [1.165, 1.54) is 17.0 Å². The van der Waals surface area contributed by atoms with Gasteiger partial charge in [0.05, 0.1) is 17.6 Å². The van der Waals surface area contributed by atoms with Crippen molar-refractivity contribution < 1.29 is 13.2 Å². The van der Waals surface area contributed by atoms with Crippen LogP contribution in [0.15, 0.2) is 47.9 Å². The molecule has 0 bridgehead atoms. The Balaban J connectivity index is 1.62. The van der Waals surface area contributed by atoms with E-state index < -0.39 is 17.3 Å². The molecule has 8 nitrogen and oxygen atoms in total. The molecule has 0 radical (unpaired) electrons. The summed E-state index contributed by atoms with van der Waals surface area (Å²) in [6.45, 7) is 3.43. The average molecular weight is 469 g/mol. The Morgan fingerprint density at radius 2 is 2.09 bits per heavy atom. The Labute approximate surface area is 192 Å². The highest BCUT2D eigenvalue weighted by atomic mass is 19.4. The number of piperidine rings is 1. The summed E-state index contributed by atoms with van der Waals surface area (Å²) in [7, 11) is 0. The van der Waals surface area contributed by atoms with Crippen molar-refractivity contribution in [2.24, 2.45) is 0 Å². The molecular formula is C23H22F3N7O. The van der Waals surface area contributed by atoms with E-state index in [9.17, 15) is 18.0 Å². The molecule has 0 amide bonds. The molecule has 1 fully saturated rings. The molecule has 0 aliphatic carbocycles. The van der Waals surface area contributed by atoms with Crippen LogP contribution in [-0.2, 0) is 6.18 Å². The van der Waals surface area contributed by atoms with E-state index in [4.69, 9.17) is 0 Å². The minimum Gasteiger partial charge on any atom is -0.356 e. The van der Waals surface area contributed by atoms with Gasteiger partial charge in [0.15, 0.2) is 0 Å². The first-order chi connectivity index (χ1) is 16.3. The number of rotatable bonds is 4. The van der Waals surface area contributed by atoms with Crippen LogP contribution in [0.3, 0.4) is 0 Å². The first-order valence-corrected chi connectivity index (χ1v) is 10.9. The third-order valence-corrected chi connectivity index (χ3v) is 5.99. The van der Waals surface area contributed by atoms with Gasteiger partial charge in [0, 0.05) is 48.3 Å². The number of nitrogens with zero attached hydrogens (tertiary/aromatic N) is 4. The van der Waals surface area contributed by atoms with Crippen molar-refractivity contribution in [2.45, 2.75) is 32.0 Å². The number of aromatic nitrogens is 5. The molecule has 5 rings (SSSR count). The third-order valence-electron chi connectivity index (χ3n) is 5.99. The topological polar surface area (TPSA) is 101 Å². The summed E-state index contributed by atoms with van der Waals surface area (Å²) in [5.41, 5.74) is 0.152. The molecule has 1 aliphatic heterocycles. The maximum absolute atomic E-state index is 13.8. The molecule has 4 aromatic rings. The van der Waals surface area contributed by atoms with Crippen LogP contribution in [0.5, 0.6) is 0 Å². The minimum absolute atomic E-state index is 0.0243. The van der Waals surface area contributed by atoms with Crippen LogP contribution < -0.4 is 16.2 Å². The van der Waals surface area contributed by atoms with Crippen LogP contribution in [-0.4, -0.2) is 43.6 Å². The zero-order valence-electron chi connectivity index (χ0n) is 18.3. The highest BCUT2D eigenvalue weighted by molar-refractivity contribution is 5.95. The van der Waals surface area contributed by atoms with Gasteiger partial charge in [-0.3, -0.25) is 14.3 Å². The van der Waals surface area contributed by atoms with E-state index in [0.29, 0.717) is 17.6 Å². The van der Waals surface area contributed by atoms with Crippen molar-refractivity contribution >= 4 is 16.9 Å². The number of hydrogen-bond donors (Lipinski definition) is 3. The first-order valence-electron chi connectivity index (χ1n) is 10.9. The smallest absolute Gasteiger partial charge is 0.356 e. The fourth-order valence-electron chi connectivity index (χ4n) is 4.24. The lowest BCUT2D eigenvalue weighted by Crippen LogP contribution is -2.38. The molecule has 4 aromatic heterocycles. The summed E-state index contributed by atoms with van der Waals surface area (Å²) in [5, 5.41) is 6.71. The number of aryl methyl sites for hydroxylation is 1. The van der Waals surface area contributed by atoms with Crippen molar-refractivity contribution in [3.8, 4) is 16.9 Å². The fourth-order valence-corrected chi connectivity index (χ4v) is 4.24. The van der Waals surface area contributed by atoms with Crippen molar-refractivity contribution in [3.05, 3.63) is 64.6 Å². The van der Waals surface area contributed by atoms with Crippen LogP contribution in [0.4, 0.5) is 19.1 Å². The summed E-state index contributed by atoms with van der Waals surface area (Å²) >= 11 is 0. The van der Waals surface area contributed by atoms with E-state index in [1.807, 2.05) is 6.92 Å². The quantitative estimate of drug-likeness (QED) is 0.422. The molecule has 0 spiro atoms. The second-order valence-electron chi connectivity index (χ2n) is 8.29. The molecule has 0 aromatic carbocycles. The third kappa shape index (κ3) is 4.03. The molecule has 1 unspecified atom stereocenters. The van der Waals surface area contributed by atoms with E-state index in [0.717, 1.165) is 31.1 Å². The van der Waals surface area contributed by atoms with Crippen LogP contribution in [0, 0.1) is 6.92 Å². The number of fused-ring (bicyclic) bond motifs is 1. The molecule has 1 atom stereocenters. The van der Waals surface area contributed by atoms with Gasteiger partial charge in [-0.1, -0.05) is 0 Å². The molecule has 3 N–H and O–H groups in total. The number of anilines is 1. The van der Waals surface area contributed by atoms with Gasteiger partial charge < -0.3 is 15.6 Å². The average Bonchev–Trinajstić information content (AvgIpc) is 3.25. The minimum atomic E-state index is -4.66. The monoisotopic (exact) mass is 469 g/mol. The lowest BCUT2D eigenvalue weighted by Gasteiger charge is -2.24. The van der Waals surface area contributed by atoms with E-state index in [2.05, 4.69) is 30.6 Å². The van der Waals surface area contributed by atoms with Gasteiger partial charge in [0.2, 0.25) is 5.95 Å². The van der Waals surface area contributed by atoms with Gasteiger partial charge in [-0.2, -0.15) is 13.2 Å². The van der Waals surface area contributed by atoms with Crippen LogP contribution in [0.25, 0.3) is 27.8 Å². The SMILES string of the molecule is Cc1ccncc1-n1ccc2c(-c3nc(NC4CCCNC4)ncc3C(F)(F)F)c[nH]c2c1=O. The van der Waals surface area contributed by atoms with Gasteiger partial charge in [0.1, 0.15) is 11.1 Å². The lowest BCUT2D eigenvalue weighted by atomic mass is 10.1. The van der Waals surface area contributed by atoms with E-state index in [1.54, 1.807) is 24.5 Å². The van der Waals surface area contributed by atoms with Crippen molar-refractivity contribution in [3.63, 3.8) is 0 Å². The van der Waals surface area contributed by atoms with Gasteiger partial charge in [-0.15, -0.1) is 0 Å². The molecule has 34 heavy (non-hydrogen) atoms. The van der Waals surface area contributed by atoms with Crippen LogP contribution in [0.2, 0.25) is 0 Å². The fraction of sp³-hybridized carbons (Fsp3) is 0.304. The van der Waals surface area contributed by atoms with Crippen LogP contribution >= 0.6 is 0 Å². The second-order valence-corrected chi connectivity index (χ2v) is 8.29. The van der Waals surface area contributed by atoms with Gasteiger partial charge in [0.25, 0.3) is 5.56 Å². The summed E-state index contributed by atoms with van der Waals surface area (Å²) in [6.07, 6.45) is 4.06. The number of H-pyrrole nitrogens is 1. The van der Waals surface area contributed by atoms with Crippen molar-refractivity contribution in [2.75, 3.05) is 18.4 Å². The van der Waals surface area contributed by atoms with Crippen molar-refractivity contribution in [1.29, 1.82) is 0 Å². The summed E-state index contributed by atoms with van der Waals surface area (Å²) < 4.78 is 43.0. The molecule has 11 heteroatoms. The molecule has 1 aliphatic rings. The number of nitrogens with one attached hydrogen (secondary N) is 3. The maximum Gasteiger partial charge on any atom is 0.419 e. The highest BCUT2D eigenvalue weighted by Crippen LogP contribution is 2.38. The summed E-state index contributed by atoms with van der Waals surface area (Å²) in [5.74, 6) is 0.116. The number of pyridine rings is 2. The number of aromatic amines is 1. The number of halogens is 3. The Hall–Kier alpha value is -3.73. The van der Waals surface area contributed by atoms with Gasteiger partial charge in [-0.25, -0.2) is 9.97 Å². The van der Waals surface area contributed by atoms with Crippen LogP contribution in [0.1, 0.15) is 24.0 Å². The standard InChI is InChI=1S/C23H22F3N7O/c1-13-4-7-28-12-18(13)33-8-5-15-16(10-29-20(15)21(33)34)19-17(23(24,25)26)11-30-22(32-19)31-14-3-2-6-27-9-14/h4-5,7-8,10-12,14,27,29H,2-3,6,9H2,1H3,(H,30,31,32). The van der Waals surface area contributed by atoms with Gasteiger partial charge in [-0.05, 0) is 44.0 Å². The first kappa shape index (κ1) is 22.1. The zero-order chi connectivity index (χ0) is 23.9. The Morgan fingerprint density at radius 3 is 2.82 bits per heavy atom. The van der Waals surface area contributed by atoms with Gasteiger partial charge >= 0.3 is 6.18 Å². The summed E-state index contributed by atoms with van der Waals surface area (Å²) in [6, 6.07) is 3.41. The molecule has 1 saturated heterocycles. The molecule has 5 heterocycles.